The summed E-state index contributed by atoms with van der Waals surface area (Å²) in [5.74, 6) is 0.231. The van der Waals surface area contributed by atoms with E-state index in [1.165, 1.54) is 18.2 Å². The van der Waals surface area contributed by atoms with Crippen LogP contribution < -0.4 is 20.1 Å². The molecule has 0 aliphatic carbocycles. The van der Waals surface area contributed by atoms with Gasteiger partial charge in [0, 0.05) is 23.0 Å². The summed E-state index contributed by atoms with van der Waals surface area (Å²) in [4.78, 5) is 12.3. The zero-order valence-electron chi connectivity index (χ0n) is 19.0. The number of anilines is 2. The van der Waals surface area contributed by atoms with Gasteiger partial charge in [-0.2, -0.15) is 0 Å². The van der Waals surface area contributed by atoms with Crippen LogP contribution >= 0.6 is 12.2 Å². The fraction of sp³-hybridized carbons (Fsp3) is 0.120. The number of para-hydroxylation sites is 1. The minimum absolute atomic E-state index is 0.0821. The molecule has 0 spiro atoms. The van der Waals surface area contributed by atoms with Crippen molar-refractivity contribution in [3.05, 3.63) is 89.5 Å². The minimum atomic E-state index is -3.75. The first-order chi connectivity index (χ1) is 16.2. The van der Waals surface area contributed by atoms with Gasteiger partial charge in [-0.1, -0.05) is 24.3 Å². The van der Waals surface area contributed by atoms with E-state index >= 15 is 0 Å². The number of thiocarbonyl (C=S) groups is 1. The highest BCUT2D eigenvalue weighted by molar-refractivity contribution is 7.92. The maximum Gasteiger partial charge on any atom is 0.261 e. The summed E-state index contributed by atoms with van der Waals surface area (Å²) < 4.78 is 33.3. The molecule has 0 aliphatic heterocycles. The molecule has 0 fully saturated rings. The molecule has 0 saturated heterocycles. The van der Waals surface area contributed by atoms with E-state index in [4.69, 9.17) is 17.0 Å². The summed E-state index contributed by atoms with van der Waals surface area (Å²) in [6.45, 7) is 3.81. The van der Waals surface area contributed by atoms with E-state index in [-0.39, 0.29) is 10.0 Å². The molecule has 0 bridgehead atoms. The Kier molecular flexibility index (Phi) is 8.04. The number of rotatable bonds is 7. The van der Waals surface area contributed by atoms with Gasteiger partial charge in [-0.3, -0.25) is 14.8 Å². The molecule has 176 valence electrons. The van der Waals surface area contributed by atoms with Gasteiger partial charge in [-0.15, -0.1) is 0 Å². The highest BCUT2D eigenvalue weighted by atomic mass is 32.2. The summed E-state index contributed by atoms with van der Waals surface area (Å²) in [5, 5.41) is 5.49. The lowest BCUT2D eigenvalue weighted by molar-refractivity contribution is -0.115. The van der Waals surface area contributed by atoms with Crippen LogP contribution in [-0.4, -0.2) is 26.5 Å². The fourth-order valence-corrected chi connectivity index (χ4v) is 4.51. The lowest BCUT2D eigenvalue weighted by Gasteiger charge is -2.11. The zero-order chi connectivity index (χ0) is 24.7. The topological polar surface area (TPSA) is 96.5 Å². The molecule has 34 heavy (non-hydrogen) atoms. The summed E-state index contributed by atoms with van der Waals surface area (Å²) in [6.07, 6.45) is 2.97. The molecule has 1 amide bonds. The van der Waals surface area contributed by atoms with Crippen LogP contribution in [0.1, 0.15) is 16.7 Å². The Balaban J connectivity index is 1.59. The molecule has 3 aromatic carbocycles. The SMILES string of the molecule is COc1ccccc1C=CC(=O)NC(=S)Nc1ccc(S(=O)(=O)Nc2cc(C)cc(C)c2)cc1. The van der Waals surface area contributed by atoms with Crippen LogP contribution in [0.5, 0.6) is 5.75 Å². The molecule has 0 atom stereocenters. The Hall–Kier alpha value is -3.69. The van der Waals surface area contributed by atoms with E-state index < -0.39 is 15.9 Å². The number of sulfonamides is 1. The largest absolute Gasteiger partial charge is 0.496 e. The number of hydrogen-bond donors (Lipinski definition) is 3. The number of carbonyl (C=O) groups is 1. The summed E-state index contributed by atoms with van der Waals surface area (Å²) in [7, 11) is -2.19. The van der Waals surface area contributed by atoms with Crippen LogP contribution in [-0.2, 0) is 14.8 Å². The first-order valence-corrected chi connectivity index (χ1v) is 12.2. The number of ether oxygens (including phenoxy) is 1. The average molecular weight is 496 g/mol. The average Bonchev–Trinajstić information content (AvgIpc) is 2.77. The number of carbonyl (C=O) groups excluding carboxylic acids is 1. The van der Waals surface area contributed by atoms with E-state index in [1.807, 2.05) is 38.1 Å². The highest BCUT2D eigenvalue weighted by Crippen LogP contribution is 2.21. The van der Waals surface area contributed by atoms with Crippen molar-refractivity contribution < 1.29 is 17.9 Å². The van der Waals surface area contributed by atoms with Crippen molar-refractivity contribution in [3.63, 3.8) is 0 Å². The molecule has 0 radical (unpaired) electrons. The maximum absolute atomic E-state index is 12.7. The number of methoxy groups -OCH3 is 1. The lowest BCUT2D eigenvalue weighted by atomic mass is 10.1. The van der Waals surface area contributed by atoms with Gasteiger partial charge in [0.1, 0.15) is 5.75 Å². The van der Waals surface area contributed by atoms with Crippen molar-refractivity contribution in [1.82, 2.24) is 5.32 Å². The monoisotopic (exact) mass is 495 g/mol. The highest BCUT2D eigenvalue weighted by Gasteiger charge is 2.14. The summed E-state index contributed by atoms with van der Waals surface area (Å²) >= 11 is 5.18. The second-order valence-corrected chi connectivity index (χ2v) is 9.62. The molecule has 0 saturated carbocycles. The van der Waals surface area contributed by atoms with Crippen molar-refractivity contribution in [2.45, 2.75) is 18.7 Å². The molecule has 0 aromatic heterocycles. The summed E-state index contributed by atoms with van der Waals surface area (Å²) in [5.41, 5.74) is 3.72. The molecule has 3 rings (SSSR count). The third kappa shape index (κ3) is 6.90. The number of aryl methyl sites for hydroxylation is 2. The van der Waals surface area contributed by atoms with Gasteiger partial charge in [0.15, 0.2) is 5.11 Å². The van der Waals surface area contributed by atoms with Crippen LogP contribution in [0.25, 0.3) is 6.08 Å². The van der Waals surface area contributed by atoms with E-state index in [1.54, 1.807) is 43.5 Å². The third-order valence-electron chi connectivity index (χ3n) is 4.69. The molecule has 3 aromatic rings. The molecule has 0 aliphatic rings. The Morgan fingerprint density at radius 3 is 2.24 bits per heavy atom. The van der Waals surface area contributed by atoms with Gasteiger partial charge in [0.05, 0.1) is 12.0 Å². The van der Waals surface area contributed by atoms with Gasteiger partial charge in [0.2, 0.25) is 5.91 Å². The second-order valence-electron chi connectivity index (χ2n) is 7.52. The van der Waals surface area contributed by atoms with Gasteiger partial charge in [-0.25, -0.2) is 8.42 Å². The van der Waals surface area contributed by atoms with Crippen LogP contribution in [0.15, 0.2) is 77.7 Å². The standard InChI is InChI=1S/C25H25N3O4S2/c1-17-14-18(2)16-21(15-17)28-34(30,31)22-11-9-20(10-12-22)26-25(33)27-24(29)13-8-19-6-4-5-7-23(19)32-3/h4-16,28H,1-3H3,(H2,26,27,29,33). The van der Waals surface area contributed by atoms with Crippen LogP contribution in [0.3, 0.4) is 0 Å². The van der Waals surface area contributed by atoms with E-state index in [0.29, 0.717) is 17.1 Å². The molecule has 3 N–H and O–H groups in total. The molecule has 9 heteroatoms. The number of hydrogen-bond acceptors (Lipinski definition) is 5. The van der Waals surface area contributed by atoms with Crippen molar-refractivity contribution in [2.24, 2.45) is 0 Å². The van der Waals surface area contributed by atoms with Gasteiger partial charge >= 0.3 is 0 Å². The van der Waals surface area contributed by atoms with Crippen molar-refractivity contribution in [2.75, 3.05) is 17.1 Å². The third-order valence-corrected chi connectivity index (χ3v) is 6.29. The maximum atomic E-state index is 12.7. The van der Waals surface area contributed by atoms with Crippen molar-refractivity contribution in [3.8, 4) is 5.75 Å². The molecule has 7 nitrogen and oxygen atoms in total. The van der Waals surface area contributed by atoms with Crippen molar-refractivity contribution in [1.29, 1.82) is 0 Å². The molecular formula is C25H25N3O4S2. The first kappa shape index (κ1) is 24.9. The Labute approximate surface area is 204 Å². The molecule has 0 heterocycles. The van der Waals surface area contributed by atoms with Gasteiger partial charge < -0.3 is 10.1 Å². The van der Waals surface area contributed by atoms with Gasteiger partial charge in [-0.05, 0) is 85.7 Å². The second kappa shape index (κ2) is 11.0. The van der Waals surface area contributed by atoms with Crippen molar-refractivity contribution >= 4 is 50.7 Å². The van der Waals surface area contributed by atoms with Gasteiger partial charge in [0.25, 0.3) is 10.0 Å². The zero-order valence-corrected chi connectivity index (χ0v) is 20.6. The smallest absolute Gasteiger partial charge is 0.261 e. The lowest BCUT2D eigenvalue weighted by Crippen LogP contribution is -2.32. The van der Waals surface area contributed by atoms with Crippen LogP contribution in [0.4, 0.5) is 11.4 Å². The Morgan fingerprint density at radius 2 is 1.59 bits per heavy atom. The molecular weight excluding hydrogens is 470 g/mol. The number of nitrogens with one attached hydrogen (secondary N) is 3. The summed E-state index contributed by atoms with van der Waals surface area (Å²) in [6, 6.07) is 18.9. The Bertz CT molecular complexity index is 1310. The van der Waals surface area contributed by atoms with E-state index in [9.17, 15) is 13.2 Å². The predicted molar refractivity (Wildman–Crippen MR) is 140 cm³/mol. The Morgan fingerprint density at radius 1 is 0.941 bits per heavy atom. The van der Waals surface area contributed by atoms with Crippen LogP contribution in [0, 0.1) is 13.8 Å². The number of benzene rings is 3. The molecule has 0 unspecified atom stereocenters. The normalized spacial score (nSPS) is 11.1. The quantitative estimate of drug-likeness (QED) is 0.326. The predicted octanol–water partition coefficient (Wildman–Crippen LogP) is 4.64. The van der Waals surface area contributed by atoms with E-state index in [2.05, 4.69) is 15.4 Å². The number of amides is 1. The van der Waals surface area contributed by atoms with E-state index in [0.717, 1.165) is 16.7 Å². The minimum Gasteiger partial charge on any atom is -0.496 e. The fourth-order valence-electron chi connectivity index (χ4n) is 3.25. The first-order valence-electron chi connectivity index (χ1n) is 10.3. The van der Waals surface area contributed by atoms with Crippen LogP contribution in [0.2, 0.25) is 0 Å².